The van der Waals surface area contributed by atoms with Crippen molar-refractivity contribution in [1.29, 1.82) is 0 Å². The van der Waals surface area contributed by atoms with E-state index in [2.05, 4.69) is 16.7 Å². The van der Waals surface area contributed by atoms with Gasteiger partial charge in [0.2, 0.25) is 0 Å². The Hall–Kier alpha value is -1.42. The standard InChI is InChI=1S/C16H25N3O/c1-13-12-19(11-10-18-8-3-2-4-9-18)16-14(17)6-5-7-15(16)20-13/h5-7,13H,2-4,8-12,17H2,1H3. The van der Waals surface area contributed by atoms with Crippen molar-refractivity contribution in [3.05, 3.63) is 18.2 Å². The number of nitrogen functional groups attached to an aromatic ring is 1. The molecule has 2 aliphatic heterocycles. The Morgan fingerprint density at radius 2 is 2.00 bits per heavy atom. The van der Waals surface area contributed by atoms with E-state index in [1.165, 1.54) is 32.4 Å². The summed E-state index contributed by atoms with van der Waals surface area (Å²) < 4.78 is 5.90. The third-order valence-corrected chi connectivity index (χ3v) is 4.29. The third kappa shape index (κ3) is 2.85. The number of likely N-dealkylation sites (tertiary alicyclic amines) is 1. The minimum atomic E-state index is 0.227. The summed E-state index contributed by atoms with van der Waals surface area (Å²) >= 11 is 0. The van der Waals surface area contributed by atoms with Crippen molar-refractivity contribution < 1.29 is 4.74 Å². The molecule has 0 spiro atoms. The van der Waals surface area contributed by atoms with Crippen LogP contribution >= 0.6 is 0 Å². The van der Waals surface area contributed by atoms with E-state index in [4.69, 9.17) is 10.5 Å². The second-order valence-electron chi connectivity index (χ2n) is 5.97. The summed E-state index contributed by atoms with van der Waals surface area (Å²) in [7, 11) is 0. The summed E-state index contributed by atoms with van der Waals surface area (Å²) in [5, 5.41) is 0. The summed E-state index contributed by atoms with van der Waals surface area (Å²) in [6.45, 7) is 7.71. The van der Waals surface area contributed by atoms with Crippen LogP contribution in [0.3, 0.4) is 0 Å². The van der Waals surface area contributed by atoms with Crippen LogP contribution in [0.25, 0.3) is 0 Å². The molecule has 0 aliphatic carbocycles. The summed E-state index contributed by atoms with van der Waals surface area (Å²) in [6, 6.07) is 5.95. The molecular formula is C16H25N3O. The van der Waals surface area contributed by atoms with Gasteiger partial charge in [-0.3, -0.25) is 0 Å². The monoisotopic (exact) mass is 275 g/mol. The zero-order valence-electron chi connectivity index (χ0n) is 12.3. The third-order valence-electron chi connectivity index (χ3n) is 4.29. The Kier molecular flexibility index (Phi) is 4.01. The molecule has 20 heavy (non-hydrogen) atoms. The van der Waals surface area contributed by atoms with E-state index in [-0.39, 0.29) is 6.10 Å². The van der Waals surface area contributed by atoms with Gasteiger partial charge in [-0.2, -0.15) is 0 Å². The molecule has 4 nitrogen and oxygen atoms in total. The summed E-state index contributed by atoms with van der Waals surface area (Å²) in [5.74, 6) is 0.933. The molecule has 0 aromatic heterocycles. The van der Waals surface area contributed by atoms with E-state index in [0.29, 0.717) is 0 Å². The fourth-order valence-electron chi connectivity index (χ4n) is 3.28. The lowest BCUT2D eigenvalue weighted by Gasteiger charge is -2.37. The number of anilines is 2. The number of rotatable bonds is 3. The van der Waals surface area contributed by atoms with Crippen molar-refractivity contribution in [2.45, 2.75) is 32.3 Å². The average Bonchev–Trinajstić information content (AvgIpc) is 2.45. The predicted molar refractivity (Wildman–Crippen MR) is 83.4 cm³/mol. The van der Waals surface area contributed by atoms with Crippen LogP contribution in [0.5, 0.6) is 5.75 Å². The second-order valence-corrected chi connectivity index (χ2v) is 5.97. The molecule has 1 saturated heterocycles. The van der Waals surface area contributed by atoms with E-state index in [1.54, 1.807) is 0 Å². The molecule has 1 aromatic rings. The molecule has 1 fully saturated rings. The van der Waals surface area contributed by atoms with Crippen LogP contribution in [-0.4, -0.2) is 43.7 Å². The van der Waals surface area contributed by atoms with E-state index in [0.717, 1.165) is 36.8 Å². The first kappa shape index (κ1) is 13.6. The molecule has 1 unspecified atom stereocenters. The van der Waals surface area contributed by atoms with Gasteiger partial charge in [0, 0.05) is 13.1 Å². The number of nitrogens with two attached hydrogens (primary N) is 1. The van der Waals surface area contributed by atoms with E-state index in [9.17, 15) is 0 Å². The molecule has 0 saturated carbocycles. The summed E-state index contributed by atoms with van der Waals surface area (Å²) in [4.78, 5) is 4.97. The lowest BCUT2D eigenvalue weighted by atomic mass is 10.1. The van der Waals surface area contributed by atoms with E-state index < -0.39 is 0 Å². The average molecular weight is 275 g/mol. The number of fused-ring (bicyclic) bond motifs is 1. The number of benzene rings is 1. The van der Waals surface area contributed by atoms with E-state index in [1.807, 2.05) is 18.2 Å². The molecule has 0 amide bonds. The first-order valence-corrected chi connectivity index (χ1v) is 7.76. The molecule has 2 aliphatic rings. The lowest BCUT2D eigenvalue weighted by molar-refractivity contribution is 0.202. The van der Waals surface area contributed by atoms with Crippen molar-refractivity contribution in [2.75, 3.05) is 43.4 Å². The maximum atomic E-state index is 6.15. The van der Waals surface area contributed by atoms with Gasteiger partial charge in [0.1, 0.15) is 17.5 Å². The van der Waals surface area contributed by atoms with Gasteiger partial charge in [-0.05, 0) is 45.0 Å². The highest BCUT2D eigenvalue weighted by Gasteiger charge is 2.25. The Morgan fingerprint density at radius 1 is 1.20 bits per heavy atom. The van der Waals surface area contributed by atoms with Crippen LogP contribution in [0.15, 0.2) is 18.2 Å². The van der Waals surface area contributed by atoms with Crippen LogP contribution < -0.4 is 15.4 Å². The van der Waals surface area contributed by atoms with Gasteiger partial charge < -0.3 is 20.3 Å². The Balaban J connectivity index is 1.70. The van der Waals surface area contributed by atoms with Crippen molar-refractivity contribution in [3.8, 4) is 5.75 Å². The highest BCUT2D eigenvalue weighted by molar-refractivity contribution is 5.75. The number of ether oxygens (including phenoxy) is 1. The zero-order valence-corrected chi connectivity index (χ0v) is 12.3. The Bertz CT molecular complexity index is 457. The highest BCUT2D eigenvalue weighted by atomic mass is 16.5. The number of hydrogen-bond acceptors (Lipinski definition) is 4. The van der Waals surface area contributed by atoms with E-state index >= 15 is 0 Å². The van der Waals surface area contributed by atoms with Gasteiger partial charge in [0.05, 0.1) is 12.2 Å². The first-order chi connectivity index (χ1) is 9.74. The topological polar surface area (TPSA) is 41.7 Å². The second kappa shape index (κ2) is 5.92. The maximum Gasteiger partial charge on any atom is 0.145 e. The van der Waals surface area contributed by atoms with Crippen LogP contribution in [0.1, 0.15) is 26.2 Å². The largest absolute Gasteiger partial charge is 0.487 e. The van der Waals surface area contributed by atoms with Crippen LogP contribution in [0.4, 0.5) is 11.4 Å². The van der Waals surface area contributed by atoms with Gasteiger partial charge in [-0.1, -0.05) is 12.5 Å². The first-order valence-electron chi connectivity index (χ1n) is 7.76. The predicted octanol–water partition coefficient (Wildman–Crippen LogP) is 2.34. The number of nitrogens with zero attached hydrogens (tertiary/aromatic N) is 2. The van der Waals surface area contributed by atoms with Gasteiger partial charge in [-0.25, -0.2) is 0 Å². The molecule has 2 N–H and O–H groups in total. The molecule has 1 atom stereocenters. The van der Waals surface area contributed by atoms with Crippen molar-refractivity contribution in [3.63, 3.8) is 0 Å². The zero-order chi connectivity index (χ0) is 13.9. The van der Waals surface area contributed by atoms with Gasteiger partial charge in [0.15, 0.2) is 0 Å². The molecule has 2 heterocycles. The summed E-state index contributed by atoms with van der Waals surface area (Å²) in [5.41, 5.74) is 8.06. The fourth-order valence-corrected chi connectivity index (χ4v) is 3.28. The fraction of sp³-hybridized carbons (Fsp3) is 0.625. The molecular weight excluding hydrogens is 250 g/mol. The molecule has 110 valence electrons. The van der Waals surface area contributed by atoms with Crippen LogP contribution in [0.2, 0.25) is 0 Å². The number of piperidine rings is 1. The Morgan fingerprint density at radius 3 is 2.80 bits per heavy atom. The van der Waals surface area contributed by atoms with Crippen LogP contribution in [0, 0.1) is 0 Å². The van der Waals surface area contributed by atoms with Gasteiger partial charge in [0.25, 0.3) is 0 Å². The minimum absolute atomic E-state index is 0.227. The highest BCUT2D eigenvalue weighted by Crippen LogP contribution is 2.38. The van der Waals surface area contributed by atoms with Crippen molar-refractivity contribution in [1.82, 2.24) is 4.90 Å². The molecule has 4 heteroatoms. The Labute approximate surface area is 121 Å². The smallest absolute Gasteiger partial charge is 0.145 e. The van der Waals surface area contributed by atoms with Gasteiger partial charge in [-0.15, -0.1) is 0 Å². The lowest BCUT2D eigenvalue weighted by Crippen LogP contribution is -2.44. The quantitative estimate of drug-likeness (QED) is 0.860. The number of hydrogen-bond donors (Lipinski definition) is 1. The SMILES string of the molecule is CC1CN(CCN2CCCCC2)c2c(N)cccc2O1. The summed E-state index contributed by atoms with van der Waals surface area (Å²) in [6.07, 6.45) is 4.31. The normalized spacial score (nSPS) is 23.2. The minimum Gasteiger partial charge on any atom is -0.487 e. The van der Waals surface area contributed by atoms with Crippen LogP contribution in [-0.2, 0) is 0 Å². The molecule has 0 bridgehead atoms. The molecule has 3 rings (SSSR count). The van der Waals surface area contributed by atoms with Crippen molar-refractivity contribution in [2.24, 2.45) is 0 Å². The number of para-hydroxylation sites is 1. The maximum absolute atomic E-state index is 6.15. The molecule has 1 aromatic carbocycles. The van der Waals surface area contributed by atoms with Gasteiger partial charge >= 0.3 is 0 Å². The van der Waals surface area contributed by atoms with Crippen molar-refractivity contribution >= 4 is 11.4 Å². The molecule has 0 radical (unpaired) electrons.